The van der Waals surface area contributed by atoms with Gasteiger partial charge in [-0.2, -0.15) is 0 Å². The number of fused-ring (bicyclic) bond motifs is 1. The van der Waals surface area contributed by atoms with Gasteiger partial charge in [-0.05, 0) is 28.3 Å². The number of carbonyl (C=O) groups excluding carboxylic acids is 1. The van der Waals surface area contributed by atoms with Crippen molar-refractivity contribution in [3.8, 4) is 0 Å². The fourth-order valence-electron chi connectivity index (χ4n) is 2.32. The number of pyridine rings is 1. The first-order chi connectivity index (χ1) is 10.2. The number of aliphatic imine (C=N–C) groups is 1. The van der Waals surface area contributed by atoms with Crippen LogP contribution in [0.2, 0.25) is 0 Å². The van der Waals surface area contributed by atoms with Crippen molar-refractivity contribution in [2.24, 2.45) is 4.99 Å². The van der Waals surface area contributed by atoms with Crippen molar-refractivity contribution in [1.29, 1.82) is 0 Å². The molecule has 0 bridgehead atoms. The Bertz CT molecular complexity index is 733. The van der Waals surface area contributed by atoms with Gasteiger partial charge in [-0.15, -0.1) is 0 Å². The zero-order valence-corrected chi connectivity index (χ0v) is 11.8. The minimum atomic E-state index is -0.106. The van der Waals surface area contributed by atoms with Gasteiger partial charge in [-0.3, -0.25) is 10.1 Å². The SMILES string of the molecule is CC(=O)NC1=NC([n+]2ccccc2)=Cc2ccccc2C1. The molecule has 1 amide bonds. The van der Waals surface area contributed by atoms with Crippen LogP contribution < -0.4 is 9.88 Å². The lowest BCUT2D eigenvalue weighted by Gasteiger charge is -2.03. The van der Waals surface area contributed by atoms with Gasteiger partial charge in [0.25, 0.3) is 0 Å². The Kier molecular flexibility index (Phi) is 3.60. The molecule has 1 aromatic carbocycles. The van der Waals surface area contributed by atoms with Crippen LogP contribution >= 0.6 is 0 Å². The molecule has 1 aliphatic rings. The number of rotatable bonds is 1. The maximum absolute atomic E-state index is 11.4. The highest BCUT2D eigenvalue weighted by molar-refractivity contribution is 6.01. The number of nitrogens with zero attached hydrogens (tertiary/aromatic N) is 2. The third-order valence-corrected chi connectivity index (χ3v) is 3.25. The molecule has 2 heterocycles. The predicted octanol–water partition coefficient (Wildman–Crippen LogP) is 2.02. The Labute approximate surface area is 123 Å². The van der Waals surface area contributed by atoms with Gasteiger partial charge < -0.3 is 0 Å². The summed E-state index contributed by atoms with van der Waals surface area (Å²) in [5.41, 5.74) is 2.27. The van der Waals surface area contributed by atoms with Crippen LogP contribution in [-0.4, -0.2) is 11.7 Å². The average molecular weight is 278 g/mol. The summed E-state index contributed by atoms with van der Waals surface area (Å²) in [4.78, 5) is 16.0. The van der Waals surface area contributed by atoms with Crippen LogP contribution in [0.1, 0.15) is 18.1 Å². The van der Waals surface area contributed by atoms with Crippen LogP contribution in [-0.2, 0) is 11.2 Å². The highest BCUT2D eigenvalue weighted by Crippen LogP contribution is 2.18. The number of hydrogen-bond acceptors (Lipinski definition) is 2. The van der Waals surface area contributed by atoms with Gasteiger partial charge in [0, 0.05) is 13.0 Å². The van der Waals surface area contributed by atoms with Crippen LogP contribution in [0.4, 0.5) is 0 Å². The first-order valence-electron chi connectivity index (χ1n) is 6.84. The molecule has 0 atom stereocenters. The molecular formula is C17H16N3O+. The Hall–Kier alpha value is -2.75. The fourth-order valence-corrected chi connectivity index (χ4v) is 2.32. The van der Waals surface area contributed by atoms with Crippen molar-refractivity contribution in [3.63, 3.8) is 0 Å². The third-order valence-electron chi connectivity index (χ3n) is 3.25. The maximum Gasteiger partial charge on any atom is 0.330 e. The summed E-state index contributed by atoms with van der Waals surface area (Å²) in [5, 5.41) is 2.82. The van der Waals surface area contributed by atoms with Crippen molar-refractivity contribution in [1.82, 2.24) is 5.32 Å². The molecule has 0 fully saturated rings. The lowest BCUT2D eigenvalue weighted by atomic mass is 10.0. The number of carbonyl (C=O) groups is 1. The molecule has 2 aromatic rings. The highest BCUT2D eigenvalue weighted by atomic mass is 16.1. The summed E-state index contributed by atoms with van der Waals surface area (Å²) in [6.07, 6.45) is 6.52. The molecular weight excluding hydrogens is 262 g/mol. The normalized spacial score (nSPS) is 13.6. The lowest BCUT2D eigenvalue weighted by molar-refractivity contribution is -0.581. The molecule has 0 saturated heterocycles. The highest BCUT2D eigenvalue weighted by Gasteiger charge is 2.20. The quantitative estimate of drug-likeness (QED) is 0.797. The van der Waals surface area contributed by atoms with Crippen LogP contribution in [0.5, 0.6) is 0 Å². The molecule has 4 nitrogen and oxygen atoms in total. The molecule has 3 rings (SSSR count). The zero-order valence-electron chi connectivity index (χ0n) is 11.8. The van der Waals surface area contributed by atoms with E-state index in [9.17, 15) is 4.79 Å². The second kappa shape index (κ2) is 5.71. The number of aromatic nitrogens is 1. The Balaban J connectivity index is 2.10. The standard InChI is InChI=1S/C17H15N3O/c1-13(21)18-16-11-14-7-3-4-8-15(14)12-17(19-16)20-9-5-2-6-10-20/h2-10,12H,11H2,1H3/p+1. The number of amides is 1. The largest absolute Gasteiger partial charge is 0.330 e. The van der Waals surface area contributed by atoms with Crippen molar-refractivity contribution < 1.29 is 9.36 Å². The third kappa shape index (κ3) is 3.05. The van der Waals surface area contributed by atoms with Crippen LogP contribution in [0, 0.1) is 0 Å². The molecule has 104 valence electrons. The van der Waals surface area contributed by atoms with E-state index in [-0.39, 0.29) is 5.91 Å². The molecule has 0 unspecified atom stereocenters. The second-order valence-electron chi connectivity index (χ2n) is 4.90. The van der Waals surface area contributed by atoms with E-state index in [0.29, 0.717) is 12.3 Å². The molecule has 1 N–H and O–H groups in total. The second-order valence-corrected chi connectivity index (χ2v) is 4.90. The number of benzene rings is 1. The van der Waals surface area contributed by atoms with Gasteiger partial charge in [0.1, 0.15) is 0 Å². The minimum absolute atomic E-state index is 0.106. The molecule has 0 spiro atoms. The predicted molar refractivity (Wildman–Crippen MR) is 82.2 cm³/mol. The van der Waals surface area contributed by atoms with Gasteiger partial charge in [0.15, 0.2) is 0 Å². The first-order valence-corrected chi connectivity index (χ1v) is 6.84. The van der Waals surface area contributed by atoms with Crippen molar-refractivity contribution in [2.45, 2.75) is 13.3 Å². The minimum Gasteiger partial charge on any atom is -0.293 e. The molecule has 4 heteroatoms. The van der Waals surface area contributed by atoms with Crippen LogP contribution in [0.25, 0.3) is 11.9 Å². The van der Waals surface area contributed by atoms with Crippen molar-refractivity contribution >= 4 is 23.6 Å². The van der Waals surface area contributed by atoms with Gasteiger partial charge in [0.05, 0.1) is 18.8 Å². The maximum atomic E-state index is 11.4. The first kappa shape index (κ1) is 13.2. The summed E-state index contributed by atoms with van der Waals surface area (Å²) >= 11 is 0. The van der Waals surface area contributed by atoms with E-state index in [1.165, 1.54) is 6.92 Å². The van der Waals surface area contributed by atoms with Gasteiger partial charge in [0.2, 0.25) is 11.7 Å². The van der Waals surface area contributed by atoms with E-state index in [0.717, 1.165) is 16.9 Å². The number of amidine groups is 1. The van der Waals surface area contributed by atoms with E-state index in [1.807, 2.05) is 53.4 Å². The summed E-state index contributed by atoms with van der Waals surface area (Å²) in [5.74, 6) is 1.34. The van der Waals surface area contributed by atoms with Gasteiger partial charge in [-0.1, -0.05) is 30.3 Å². The number of nitrogens with one attached hydrogen (secondary N) is 1. The average Bonchev–Trinajstić information content (AvgIpc) is 2.66. The molecule has 0 radical (unpaired) electrons. The number of hydrogen-bond donors (Lipinski definition) is 1. The molecule has 0 saturated carbocycles. The molecule has 21 heavy (non-hydrogen) atoms. The summed E-state index contributed by atoms with van der Waals surface area (Å²) in [6.45, 7) is 1.50. The smallest absolute Gasteiger partial charge is 0.293 e. The van der Waals surface area contributed by atoms with E-state index in [4.69, 9.17) is 0 Å². The molecule has 0 aliphatic carbocycles. The summed E-state index contributed by atoms with van der Waals surface area (Å²) in [7, 11) is 0. The summed E-state index contributed by atoms with van der Waals surface area (Å²) in [6, 6.07) is 14.0. The van der Waals surface area contributed by atoms with Crippen molar-refractivity contribution in [2.75, 3.05) is 0 Å². The molecule has 1 aromatic heterocycles. The Morgan fingerprint density at radius 3 is 2.67 bits per heavy atom. The van der Waals surface area contributed by atoms with Crippen LogP contribution in [0.3, 0.4) is 0 Å². The van der Waals surface area contributed by atoms with E-state index < -0.39 is 0 Å². The zero-order chi connectivity index (χ0) is 14.7. The Morgan fingerprint density at radius 1 is 1.14 bits per heavy atom. The Morgan fingerprint density at radius 2 is 1.90 bits per heavy atom. The van der Waals surface area contributed by atoms with Crippen LogP contribution in [0.15, 0.2) is 59.9 Å². The van der Waals surface area contributed by atoms with E-state index in [2.05, 4.69) is 22.4 Å². The lowest BCUT2D eigenvalue weighted by Crippen LogP contribution is -2.34. The van der Waals surface area contributed by atoms with Gasteiger partial charge >= 0.3 is 5.82 Å². The topological polar surface area (TPSA) is 45.3 Å². The fraction of sp³-hybridized carbons (Fsp3) is 0.118. The molecule has 1 aliphatic heterocycles. The monoisotopic (exact) mass is 278 g/mol. The van der Waals surface area contributed by atoms with Gasteiger partial charge in [-0.25, -0.2) is 4.57 Å². The van der Waals surface area contributed by atoms with E-state index in [1.54, 1.807) is 0 Å². The van der Waals surface area contributed by atoms with Crippen molar-refractivity contribution in [3.05, 3.63) is 66.0 Å². The summed E-state index contributed by atoms with van der Waals surface area (Å²) < 4.78 is 1.93. The van der Waals surface area contributed by atoms with E-state index >= 15 is 0 Å².